The van der Waals surface area contributed by atoms with Crippen molar-refractivity contribution in [2.24, 2.45) is 0 Å². The lowest BCUT2D eigenvalue weighted by atomic mass is 10.0. The Balaban J connectivity index is 5.34. The highest BCUT2D eigenvalue weighted by Crippen LogP contribution is 2.45. The quantitative estimate of drug-likeness (QED) is 0.0169. The van der Waals surface area contributed by atoms with Crippen LogP contribution in [-0.4, -0.2) is 96.7 Å². The Labute approximate surface area is 619 Å². The van der Waals surface area contributed by atoms with Crippen molar-refractivity contribution in [1.82, 2.24) is 0 Å². The topological polar surface area (TPSA) is 237 Å². The van der Waals surface area contributed by atoms with Crippen LogP contribution < -0.4 is 0 Å². The zero-order chi connectivity index (χ0) is 74.6. The predicted octanol–water partition coefficient (Wildman–Crippen LogP) is 23.3. The van der Waals surface area contributed by atoms with Gasteiger partial charge < -0.3 is 33.8 Å². The second kappa shape index (κ2) is 75.0. The third kappa shape index (κ3) is 74.0. The van der Waals surface area contributed by atoms with Gasteiger partial charge in [0, 0.05) is 25.7 Å². The molecule has 0 aromatic heterocycles. The number of carbonyl (C=O) groups is 4. The lowest BCUT2D eigenvalue weighted by Gasteiger charge is -2.21. The van der Waals surface area contributed by atoms with Crippen molar-refractivity contribution in [3.63, 3.8) is 0 Å². The van der Waals surface area contributed by atoms with Crippen LogP contribution in [0.25, 0.3) is 0 Å². The van der Waals surface area contributed by atoms with Gasteiger partial charge in [0.15, 0.2) is 12.2 Å². The molecule has 0 aromatic carbocycles. The Morgan fingerprint density at radius 3 is 0.833 bits per heavy atom. The highest BCUT2D eigenvalue weighted by molar-refractivity contribution is 7.47. The molecule has 5 unspecified atom stereocenters. The monoisotopic (exact) mass is 1470 g/mol. The molecule has 0 rings (SSSR count). The van der Waals surface area contributed by atoms with Crippen LogP contribution in [0.3, 0.4) is 0 Å². The summed E-state index contributed by atoms with van der Waals surface area (Å²) >= 11 is 0. The second-order valence-electron chi connectivity index (χ2n) is 26.6. The molecule has 102 heavy (non-hydrogen) atoms. The van der Waals surface area contributed by atoms with Crippen LogP contribution in [0.1, 0.15) is 336 Å². The van der Waals surface area contributed by atoms with Crippen LogP contribution in [0.4, 0.5) is 0 Å². The summed E-state index contributed by atoms with van der Waals surface area (Å²) in [5.41, 5.74) is 0. The number of allylic oxidation sites excluding steroid dienone is 18. The summed E-state index contributed by atoms with van der Waals surface area (Å²) in [6.45, 7) is 4.59. The van der Waals surface area contributed by atoms with Gasteiger partial charge >= 0.3 is 39.5 Å². The number of unbranched alkanes of at least 4 members (excludes halogenated alkanes) is 31. The number of phosphoric acid groups is 2. The number of rotatable bonds is 75. The van der Waals surface area contributed by atoms with Gasteiger partial charge in [-0.1, -0.05) is 298 Å². The molecular formula is C83H144O17P2. The highest BCUT2D eigenvalue weighted by Gasteiger charge is 2.30. The van der Waals surface area contributed by atoms with Gasteiger partial charge in [0.05, 0.1) is 26.4 Å². The van der Waals surface area contributed by atoms with Crippen molar-refractivity contribution in [2.75, 3.05) is 39.6 Å². The second-order valence-corrected chi connectivity index (χ2v) is 29.5. The van der Waals surface area contributed by atoms with E-state index in [0.29, 0.717) is 25.7 Å². The smallest absolute Gasteiger partial charge is 0.462 e. The van der Waals surface area contributed by atoms with Gasteiger partial charge in [0.1, 0.15) is 19.3 Å². The minimum absolute atomic E-state index is 0.0761. The molecule has 0 amide bonds. The summed E-state index contributed by atoms with van der Waals surface area (Å²) in [7, 11) is -9.96. The van der Waals surface area contributed by atoms with Gasteiger partial charge in [0.25, 0.3) is 0 Å². The van der Waals surface area contributed by atoms with Gasteiger partial charge in [-0.3, -0.25) is 37.3 Å². The minimum Gasteiger partial charge on any atom is -0.462 e. The maximum atomic E-state index is 13.1. The zero-order valence-electron chi connectivity index (χ0n) is 64.3. The Kier molecular flexibility index (Phi) is 71.8. The minimum atomic E-state index is -4.98. The summed E-state index contributed by atoms with van der Waals surface area (Å²) < 4.78 is 68.6. The van der Waals surface area contributed by atoms with E-state index in [2.05, 4.69) is 137 Å². The van der Waals surface area contributed by atoms with E-state index < -0.39 is 97.5 Å². The fourth-order valence-electron chi connectivity index (χ4n) is 10.7. The molecule has 0 radical (unpaired) electrons. The largest absolute Gasteiger partial charge is 0.472 e. The summed E-state index contributed by atoms with van der Waals surface area (Å²) in [6, 6.07) is 0. The molecule has 588 valence electrons. The molecule has 0 heterocycles. The Hall–Kier alpha value is -4.28. The van der Waals surface area contributed by atoms with Gasteiger partial charge in [-0.2, -0.15) is 0 Å². The van der Waals surface area contributed by atoms with Gasteiger partial charge in [-0.05, 0) is 122 Å². The number of phosphoric ester groups is 2. The molecule has 0 aliphatic heterocycles. The zero-order valence-corrected chi connectivity index (χ0v) is 66.0. The number of carbonyl (C=O) groups excluding carboxylic acids is 4. The molecule has 0 saturated heterocycles. The molecule has 5 atom stereocenters. The molecule has 0 aromatic rings. The predicted molar refractivity (Wildman–Crippen MR) is 418 cm³/mol. The van der Waals surface area contributed by atoms with Crippen LogP contribution in [0.2, 0.25) is 0 Å². The maximum Gasteiger partial charge on any atom is 0.472 e. The van der Waals surface area contributed by atoms with Crippen LogP contribution in [0.15, 0.2) is 109 Å². The van der Waals surface area contributed by atoms with E-state index in [1.54, 1.807) is 0 Å². The molecule has 0 bridgehead atoms. The molecular weight excluding hydrogens is 1330 g/mol. The van der Waals surface area contributed by atoms with Crippen molar-refractivity contribution >= 4 is 39.5 Å². The first-order chi connectivity index (χ1) is 49.7. The van der Waals surface area contributed by atoms with Gasteiger partial charge in [-0.25, -0.2) is 9.13 Å². The molecule has 0 aliphatic carbocycles. The van der Waals surface area contributed by atoms with Crippen molar-refractivity contribution in [2.45, 2.75) is 354 Å². The van der Waals surface area contributed by atoms with Crippen molar-refractivity contribution in [1.29, 1.82) is 0 Å². The van der Waals surface area contributed by atoms with Crippen LogP contribution in [0, 0.1) is 0 Å². The number of hydrogen-bond acceptors (Lipinski definition) is 15. The number of aliphatic hydroxyl groups excluding tert-OH is 1. The normalized spacial score (nSPS) is 14.5. The Bertz CT molecular complexity index is 2360. The lowest BCUT2D eigenvalue weighted by molar-refractivity contribution is -0.161. The van der Waals surface area contributed by atoms with Crippen LogP contribution in [0.5, 0.6) is 0 Å². The third-order valence-corrected chi connectivity index (χ3v) is 18.6. The number of hydrogen-bond donors (Lipinski definition) is 3. The van der Waals surface area contributed by atoms with E-state index >= 15 is 0 Å². The first-order valence-corrected chi connectivity index (χ1v) is 43.1. The van der Waals surface area contributed by atoms with Gasteiger partial charge in [-0.15, -0.1) is 0 Å². The fraction of sp³-hybridized carbons (Fsp3) is 0.735. The van der Waals surface area contributed by atoms with Gasteiger partial charge in [0.2, 0.25) is 0 Å². The average molecular weight is 1480 g/mol. The molecule has 3 N–H and O–H groups in total. The maximum absolute atomic E-state index is 13.1. The van der Waals surface area contributed by atoms with E-state index in [-0.39, 0.29) is 25.7 Å². The van der Waals surface area contributed by atoms with Crippen molar-refractivity contribution in [3.05, 3.63) is 109 Å². The SMILES string of the molecule is CC/C=C\C/C=C\C/C=C\C/C=C\C/C=C\CCCCCC(=O)OCC(COP(=O)(O)OCC(O)COP(=O)(O)OCC(COC(=O)CCCCCCCCC/C=C\C/C=C\C/C=C\CC)OC(=O)CCCCCCCCCCCCCCCCC)OC(=O)CCCCCCC/C=C\CCCC. The standard InChI is InChI=1S/C83H144O17P2/c1-5-9-13-17-21-25-29-32-35-37-38-40-43-45-49-52-56-60-64-68-80(85)93-73-78(99-82(87)69-65-61-57-53-47-28-24-20-16-12-8-4)75-97-101(89,90)95-71-77(84)72-96-102(91,92)98-76-79(100-83(88)70-66-62-58-54-50-46-41-34-31-27-23-19-15-11-7-3)74-94-81(86)67-63-59-55-51-48-44-42-39-36-33-30-26-22-18-14-10-6-2/h9-10,13-14,20-22,24-26,32-33,35-36,38,40,45,49,77-79,84H,5-8,11-12,15-19,23,27-31,34,37,39,41-44,46-48,50-76H2,1-4H3,(H,89,90)(H,91,92)/b13-9-,14-10-,24-20-,25-21-,26-22-,35-32-,36-33-,40-38-,49-45-. The number of ether oxygens (including phenoxy) is 4. The summed E-state index contributed by atoms with van der Waals surface area (Å²) in [5.74, 6) is -2.22. The summed E-state index contributed by atoms with van der Waals surface area (Å²) in [5, 5.41) is 10.6. The number of aliphatic hydroxyl groups is 1. The molecule has 0 saturated carbocycles. The van der Waals surface area contributed by atoms with E-state index in [1.165, 1.54) is 77.0 Å². The van der Waals surface area contributed by atoms with Crippen molar-refractivity contribution < 1.29 is 80.2 Å². The molecule has 19 heteroatoms. The average Bonchev–Trinajstić information content (AvgIpc) is 0.926. The summed E-state index contributed by atoms with van der Waals surface area (Å²) in [6.07, 6.45) is 80.7. The number of esters is 4. The van der Waals surface area contributed by atoms with Crippen molar-refractivity contribution in [3.8, 4) is 0 Å². The lowest BCUT2D eigenvalue weighted by Crippen LogP contribution is -2.30. The third-order valence-electron chi connectivity index (χ3n) is 16.7. The highest BCUT2D eigenvalue weighted by atomic mass is 31.2. The molecule has 17 nitrogen and oxygen atoms in total. The molecule has 0 fully saturated rings. The first-order valence-electron chi connectivity index (χ1n) is 40.1. The van der Waals surface area contributed by atoms with Crippen LogP contribution >= 0.6 is 15.6 Å². The first kappa shape index (κ1) is 97.7. The summed E-state index contributed by atoms with van der Waals surface area (Å²) in [4.78, 5) is 73.0. The molecule has 0 spiro atoms. The molecule has 0 aliphatic rings. The Morgan fingerprint density at radius 2 is 0.520 bits per heavy atom. The van der Waals surface area contributed by atoms with E-state index in [4.69, 9.17) is 37.0 Å². The Morgan fingerprint density at radius 1 is 0.284 bits per heavy atom. The van der Waals surface area contributed by atoms with E-state index in [9.17, 15) is 43.2 Å². The fourth-order valence-corrected chi connectivity index (χ4v) is 12.2. The van der Waals surface area contributed by atoms with E-state index in [0.717, 1.165) is 180 Å². The van der Waals surface area contributed by atoms with Crippen LogP contribution in [-0.2, 0) is 65.4 Å². The van der Waals surface area contributed by atoms with E-state index in [1.807, 2.05) is 0 Å².